The van der Waals surface area contributed by atoms with E-state index >= 15 is 0 Å². The first-order chi connectivity index (χ1) is 24.7. The van der Waals surface area contributed by atoms with Crippen molar-refractivity contribution in [2.45, 2.75) is 69.1 Å². The number of hydrogen-bond acceptors (Lipinski definition) is 15. The molecule has 0 spiro atoms. The van der Waals surface area contributed by atoms with Crippen molar-refractivity contribution in [3.05, 3.63) is 0 Å². The van der Waals surface area contributed by atoms with Gasteiger partial charge in [0.2, 0.25) is 0 Å². The molecule has 0 aromatic carbocycles. The first kappa shape index (κ1) is 40.2. The molecule has 296 valence electrons. The molecule has 52 heavy (non-hydrogen) atoms. The van der Waals surface area contributed by atoms with Crippen LogP contribution in [0.4, 0.5) is 9.59 Å². The maximum Gasteiger partial charge on any atom is 0.418 e. The Kier molecular flexibility index (Phi) is 13.8. The molecule has 6 rings (SSSR count). The van der Waals surface area contributed by atoms with Gasteiger partial charge in [0.1, 0.15) is 12.1 Å². The second kappa shape index (κ2) is 17.9. The number of rotatable bonds is 14. The minimum Gasteiger partial charge on any atom is -0.317 e. The Balaban J connectivity index is 0.000000201. The van der Waals surface area contributed by atoms with Gasteiger partial charge < -0.3 is 20.4 Å². The number of carbonyl (C=O) groups is 4. The van der Waals surface area contributed by atoms with Crippen molar-refractivity contribution >= 4 is 44.7 Å². The number of nitrogens with one attached hydrogen (secondary N) is 4. The third kappa shape index (κ3) is 11.0. The smallest absolute Gasteiger partial charge is 0.317 e. The Morgan fingerprint density at radius 1 is 0.692 bits per heavy atom. The normalized spacial score (nSPS) is 27.0. The van der Waals surface area contributed by atoms with Crippen LogP contribution in [0.1, 0.15) is 44.9 Å². The molecule has 0 aromatic rings. The molecular weight excluding hydrogens is 738 g/mol. The van der Waals surface area contributed by atoms with Gasteiger partial charge in [0.05, 0.1) is 25.3 Å². The highest BCUT2D eigenvalue weighted by Crippen LogP contribution is 2.32. The average Bonchev–Trinajstić information content (AvgIpc) is 3.47. The molecule has 0 unspecified atom stereocenters. The molecule has 6 fully saturated rings. The summed E-state index contributed by atoms with van der Waals surface area (Å²) >= 11 is 0. The average molecular weight is 786 g/mol. The second-order valence-corrected chi connectivity index (χ2v) is 15.2. The summed E-state index contributed by atoms with van der Waals surface area (Å²) in [6.45, 7) is 7.41. The van der Waals surface area contributed by atoms with Gasteiger partial charge in [0, 0.05) is 45.8 Å². The van der Waals surface area contributed by atoms with Crippen molar-refractivity contribution in [1.82, 2.24) is 46.4 Å². The summed E-state index contributed by atoms with van der Waals surface area (Å²) < 4.78 is 69.6. The maximum absolute atomic E-state index is 12.3. The van der Waals surface area contributed by atoms with Crippen LogP contribution in [0.15, 0.2) is 0 Å². The fourth-order valence-corrected chi connectivity index (χ4v) is 7.87. The maximum atomic E-state index is 12.3. The first-order valence-corrected chi connectivity index (χ1v) is 19.9. The largest absolute Gasteiger partial charge is 0.418 e. The van der Waals surface area contributed by atoms with E-state index in [2.05, 4.69) is 35.1 Å². The zero-order chi connectivity index (χ0) is 37.5. The minimum absolute atomic E-state index is 0.146. The molecule has 0 aliphatic carbocycles. The zero-order valence-corrected chi connectivity index (χ0v) is 30.1. The van der Waals surface area contributed by atoms with Crippen LogP contribution >= 0.6 is 0 Å². The molecule has 6 aliphatic heterocycles. The van der Waals surface area contributed by atoms with Crippen LogP contribution in [0.5, 0.6) is 0 Å². The van der Waals surface area contributed by atoms with Gasteiger partial charge in [-0.05, 0) is 64.0 Å². The Morgan fingerprint density at radius 3 is 1.63 bits per heavy atom. The summed E-state index contributed by atoms with van der Waals surface area (Å²) in [6, 6.07) is -4.11. The Morgan fingerprint density at radius 2 is 1.15 bits per heavy atom. The topological polar surface area (TPSA) is 278 Å². The van der Waals surface area contributed by atoms with Crippen molar-refractivity contribution in [3.63, 3.8) is 0 Å². The number of carbonyl (C=O) groups excluding carboxylic acids is 4. The van der Waals surface area contributed by atoms with Crippen molar-refractivity contribution in [3.8, 4) is 0 Å². The highest BCUT2D eigenvalue weighted by molar-refractivity contribution is 7.81. The fourth-order valence-electron chi connectivity index (χ4n) is 7.09. The van der Waals surface area contributed by atoms with E-state index in [9.17, 15) is 36.0 Å². The van der Waals surface area contributed by atoms with E-state index in [-0.39, 0.29) is 13.1 Å². The Hall–Kier alpha value is -2.98. The van der Waals surface area contributed by atoms with Crippen molar-refractivity contribution in [2.24, 2.45) is 5.92 Å². The van der Waals surface area contributed by atoms with Crippen molar-refractivity contribution in [1.29, 1.82) is 0 Å². The summed E-state index contributed by atoms with van der Waals surface area (Å²) in [5, 5.41) is 7.75. The van der Waals surface area contributed by atoms with Crippen LogP contribution in [0.25, 0.3) is 0 Å². The van der Waals surface area contributed by atoms with E-state index in [1.54, 1.807) is 0 Å². The first-order valence-electron chi connectivity index (χ1n) is 17.2. The van der Waals surface area contributed by atoms with E-state index < -0.39 is 68.8 Å². The quantitative estimate of drug-likeness (QED) is 0.0597. The second-order valence-electron chi connectivity index (χ2n) is 13.2. The van der Waals surface area contributed by atoms with Gasteiger partial charge in [-0.25, -0.2) is 20.5 Å². The number of piperidine rings is 3. The molecule has 6 amide bonds. The molecule has 6 N–H and O–H groups in total. The molecule has 25 heteroatoms. The summed E-state index contributed by atoms with van der Waals surface area (Å²) in [5.74, 6) is -0.337. The van der Waals surface area contributed by atoms with Gasteiger partial charge in [-0.2, -0.15) is 27.0 Å². The zero-order valence-electron chi connectivity index (χ0n) is 28.5. The molecule has 0 saturated carbocycles. The van der Waals surface area contributed by atoms with E-state index in [0.29, 0.717) is 61.5 Å². The Bertz CT molecular complexity index is 1390. The molecule has 6 heterocycles. The molecule has 0 radical (unpaired) electrons. The van der Waals surface area contributed by atoms with Gasteiger partial charge >= 0.3 is 32.9 Å². The lowest BCUT2D eigenvalue weighted by Gasteiger charge is -2.29. The molecule has 6 saturated heterocycles. The third-order valence-corrected chi connectivity index (χ3v) is 10.4. The third-order valence-electron chi connectivity index (χ3n) is 9.75. The summed E-state index contributed by atoms with van der Waals surface area (Å²) in [5.41, 5.74) is 4.74. The lowest BCUT2D eigenvalue weighted by atomic mass is 9.95. The molecule has 4 atom stereocenters. The predicted molar refractivity (Wildman–Crippen MR) is 174 cm³/mol. The van der Waals surface area contributed by atoms with Crippen LogP contribution in [0.3, 0.4) is 0 Å². The lowest BCUT2D eigenvalue weighted by Crippen LogP contribution is -2.50. The molecule has 6 aliphatic rings. The van der Waals surface area contributed by atoms with Crippen LogP contribution < -0.4 is 21.6 Å². The van der Waals surface area contributed by atoms with E-state index in [1.165, 1.54) is 9.80 Å². The lowest BCUT2D eigenvalue weighted by molar-refractivity contribution is -0.139. The van der Waals surface area contributed by atoms with Gasteiger partial charge in [0.15, 0.2) is 0 Å². The number of hydrogen-bond donors (Lipinski definition) is 6. The van der Waals surface area contributed by atoms with E-state index in [0.717, 1.165) is 58.5 Å². The fraction of sp³-hybridized carbons (Fsp3) is 0.852. The number of fused-ring (bicyclic) bond motifs is 4. The van der Waals surface area contributed by atoms with Crippen LogP contribution in [-0.2, 0) is 48.6 Å². The standard InChI is InChI=1S/C14H24N4O7S.C13H23N5O7S/c19-13(16-24-8-5-10-3-6-15-7-4-10)12-2-1-11-9-17(12)14(20)18(11)25-26(21,22)23;19-12(15-24-8-7-16-5-3-14-4-6-16)11-2-1-10-9-17(11)13(20)18(10)25-26(21,22)23/h10-12,15H,1-9H2,(H,16,19)(H,21,22,23);10-11,14H,1-9H2,(H,15,19)(H,21,22,23)/t11-,12+;10-,11+/m11/s1. The number of piperazine rings is 1. The molecule has 4 bridgehead atoms. The number of amides is 6. The number of nitrogens with zero attached hydrogens (tertiary/aromatic N) is 5. The van der Waals surface area contributed by atoms with E-state index in [1.807, 2.05) is 0 Å². The monoisotopic (exact) mass is 785 g/mol. The van der Waals surface area contributed by atoms with Gasteiger partial charge in [-0.1, -0.05) is 0 Å². The van der Waals surface area contributed by atoms with Crippen molar-refractivity contribution in [2.75, 3.05) is 72.1 Å². The Labute approximate surface area is 301 Å². The van der Waals surface area contributed by atoms with Crippen LogP contribution in [0, 0.1) is 5.92 Å². The molecule has 0 aromatic heterocycles. The molecule has 23 nitrogen and oxygen atoms in total. The van der Waals surface area contributed by atoms with Crippen LogP contribution in [-0.4, -0.2) is 171 Å². The van der Waals surface area contributed by atoms with Gasteiger partial charge in [0.25, 0.3) is 11.8 Å². The highest BCUT2D eigenvalue weighted by atomic mass is 32.3. The van der Waals surface area contributed by atoms with Gasteiger partial charge in [-0.15, -0.1) is 8.57 Å². The van der Waals surface area contributed by atoms with E-state index in [4.69, 9.17) is 18.8 Å². The summed E-state index contributed by atoms with van der Waals surface area (Å²) in [7, 11) is -9.60. The summed E-state index contributed by atoms with van der Waals surface area (Å²) in [6.07, 6.45) is 4.48. The minimum atomic E-state index is -4.80. The summed E-state index contributed by atoms with van der Waals surface area (Å²) in [4.78, 5) is 64.2. The van der Waals surface area contributed by atoms with Gasteiger partial charge in [-0.3, -0.25) is 33.3 Å². The highest BCUT2D eigenvalue weighted by Gasteiger charge is 2.50. The van der Waals surface area contributed by atoms with Crippen LogP contribution in [0.2, 0.25) is 0 Å². The predicted octanol–water partition coefficient (Wildman–Crippen LogP) is -2.63. The van der Waals surface area contributed by atoms with Crippen molar-refractivity contribution < 1.29 is 63.4 Å². The number of hydroxylamine groups is 6. The SMILES string of the molecule is O=C(NOCCC1CCNCC1)[C@@H]1CC[C@@H]2CN1C(=O)N2OS(=O)(=O)O.O=C(NOCCN1CCNCC1)[C@@H]1CC[C@@H]2CN1C(=O)N2OS(=O)(=O)O. The molecular formula is C27H47N9O14S2. The number of urea groups is 2.